The van der Waals surface area contributed by atoms with E-state index < -0.39 is 55.4 Å². The molecule has 0 bridgehead atoms. The standard InChI is InChI=1S/C27H50O10/c1-3-5-7-9-10-12-14-16-23(30)36-20(18-34-22(29)15-13-11-8-6-4-2)19-35-27-26(33)25(32)24(31)21(17-28)37-27/h20-21,24-28,31-33H,3-19H2,1-2H3. The van der Waals surface area contributed by atoms with Crippen LogP contribution in [0.5, 0.6) is 0 Å². The summed E-state index contributed by atoms with van der Waals surface area (Å²) in [4.78, 5) is 24.6. The molecule has 1 aliphatic heterocycles. The van der Waals surface area contributed by atoms with Crippen LogP contribution >= 0.6 is 0 Å². The highest BCUT2D eigenvalue weighted by Crippen LogP contribution is 2.22. The zero-order valence-electron chi connectivity index (χ0n) is 22.7. The second kappa shape index (κ2) is 20.6. The first kappa shape index (κ1) is 33.7. The normalized spacial score (nSPS) is 24.5. The smallest absolute Gasteiger partial charge is 0.306 e. The summed E-state index contributed by atoms with van der Waals surface area (Å²) in [6.45, 7) is 3.22. The van der Waals surface area contributed by atoms with Gasteiger partial charge < -0.3 is 39.4 Å². The van der Waals surface area contributed by atoms with Crippen molar-refractivity contribution in [2.75, 3.05) is 19.8 Å². The van der Waals surface area contributed by atoms with Crippen LogP contribution in [0.4, 0.5) is 0 Å². The van der Waals surface area contributed by atoms with Crippen molar-refractivity contribution in [2.24, 2.45) is 0 Å². The molecule has 37 heavy (non-hydrogen) atoms. The minimum absolute atomic E-state index is 0.214. The highest BCUT2D eigenvalue weighted by Gasteiger charge is 2.44. The fourth-order valence-electron chi connectivity index (χ4n) is 4.13. The first-order valence-electron chi connectivity index (χ1n) is 14.1. The van der Waals surface area contributed by atoms with Gasteiger partial charge in [-0.25, -0.2) is 0 Å². The molecule has 10 nitrogen and oxygen atoms in total. The summed E-state index contributed by atoms with van der Waals surface area (Å²) >= 11 is 0. The third-order valence-corrected chi connectivity index (χ3v) is 6.49. The maximum atomic E-state index is 12.4. The van der Waals surface area contributed by atoms with Gasteiger partial charge in [-0.15, -0.1) is 0 Å². The molecule has 0 aliphatic carbocycles. The first-order valence-corrected chi connectivity index (χ1v) is 14.1. The first-order chi connectivity index (χ1) is 17.8. The molecule has 1 saturated heterocycles. The molecule has 0 aromatic rings. The van der Waals surface area contributed by atoms with Crippen LogP contribution in [0.25, 0.3) is 0 Å². The number of carbonyl (C=O) groups excluding carboxylic acids is 2. The number of hydrogen-bond acceptors (Lipinski definition) is 10. The van der Waals surface area contributed by atoms with Crippen molar-refractivity contribution in [1.82, 2.24) is 0 Å². The third-order valence-electron chi connectivity index (χ3n) is 6.49. The van der Waals surface area contributed by atoms with E-state index >= 15 is 0 Å². The summed E-state index contributed by atoms with van der Waals surface area (Å²) in [6, 6.07) is 0. The topological polar surface area (TPSA) is 152 Å². The van der Waals surface area contributed by atoms with Crippen LogP contribution in [0.3, 0.4) is 0 Å². The number of rotatable bonds is 21. The van der Waals surface area contributed by atoms with Crippen molar-refractivity contribution in [2.45, 2.75) is 141 Å². The molecule has 0 spiro atoms. The van der Waals surface area contributed by atoms with Gasteiger partial charge in [-0.1, -0.05) is 78.1 Å². The summed E-state index contributed by atoms with van der Waals surface area (Å²) in [6.07, 6.45) is 4.83. The Kier molecular flexibility index (Phi) is 18.8. The lowest BCUT2D eigenvalue weighted by molar-refractivity contribution is -0.305. The molecule has 6 atom stereocenters. The lowest BCUT2D eigenvalue weighted by Gasteiger charge is -2.39. The molecule has 4 N–H and O–H groups in total. The van der Waals surface area contributed by atoms with E-state index in [1.165, 1.54) is 19.3 Å². The van der Waals surface area contributed by atoms with Crippen molar-refractivity contribution in [3.8, 4) is 0 Å². The molecule has 0 aromatic heterocycles. The molecule has 0 amide bonds. The molecule has 1 rings (SSSR count). The molecule has 0 saturated carbocycles. The third kappa shape index (κ3) is 14.4. The molecule has 1 heterocycles. The molecule has 1 fully saturated rings. The van der Waals surface area contributed by atoms with Gasteiger partial charge in [0.2, 0.25) is 0 Å². The Morgan fingerprint density at radius 3 is 1.84 bits per heavy atom. The molecular formula is C27H50O10. The minimum Gasteiger partial charge on any atom is -0.462 e. The number of aliphatic hydroxyl groups excluding tert-OH is 4. The maximum Gasteiger partial charge on any atom is 0.306 e. The van der Waals surface area contributed by atoms with Crippen LogP contribution in [0.15, 0.2) is 0 Å². The SMILES string of the molecule is CCCCCCCCCC(=O)OC(COC(=O)CCCCCCC)COC1OC(CO)C(O)C(O)C1O. The molecule has 218 valence electrons. The number of aliphatic hydroxyl groups is 4. The summed E-state index contributed by atoms with van der Waals surface area (Å²) in [7, 11) is 0. The van der Waals surface area contributed by atoms with E-state index in [4.69, 9.17) is 18.9 Å². The highest BCUT2D eigenvalue weighted by molar-refractivity contribution is 5.70. The Balaban J connectivity index is 2.55. The number of esters is 2. The summed E-state index contributed by atoms with van der Waals surface area (Å²) < 4.78 is 21.7. The van der Waals surface area contributed by atoms with Gasteiger partial charge in [0, 0.05) is 12.8 Å². The number of ether oxygens (including phenoxy) is 4. The Labute approximate surface area is 221 Å². The predicted octanol–water partition coefficient (Wildman–Crippen LogP) is 2.76. The van der Waals surface area contributed by atoms with Crippen molar-refractivity contribution in [1.29, 1.82) is 0 Å². The molecule has 1 aliphatic rings. The van der Waals surface area contributed by atoms with E-state index in [1.54, 1.807) is 0 Å². The van der Waals surface area contributed by atoms with Gasteiger partial charge in [-0.05, 0) is 12.8 Å². The lowest BCUT2D eigenvalue weighted by atomic mass is 9.99. The average molecular weight is 535 g/mol. The van der Waals surface area contributed by atoms with Crippen LogP contribution in [0.1, 0.15) is 104 Å². The van der Waals surface area contributed by atoms with E-state index in [0.29, 0.717) is 6.42 Å². The number of unbranched alkanes of at least 4 members (excludes halogenated alkanes) is 10. The van der Waals surface area contributed by atoms with E-state index in [-0.39, 0.29) is 26.1 Å². The minimum atomic E-state index is -1.58. The predicted molar refractivity (Wildman–Crippen MR) is 137 cm³/mol. The summed E-state index contributed by atoms with van der Waals surface area (Å²) in [5.74, 6) is -0.830. The van der Waals surface area contributed by atoms with Crippen LogP contribution in [0.2, 0.25) is 0 Å². The van der Waals surface area contributed by atoms with Crippen LogP contribution in [-0.2, 0) is 28.5 Å². The fraction of sp³-hybridized carbons (Fsp3) is 0.926. The zero-order valence-corrected chi connectivity index (χ0v) is 22.7. The highest BCUT2D eigenvalue weighted by atomic mass is 16.7. The molecule has 0 radical (unpaired) electrons. The number of hydrogen-bond donors (Lipinski definition) is 4. The summed E-state index contributed by atoms with van der Waals surface area (Å²) in [5.41, 5.74) is 0. The Hall–Kier alpha value is -1.30. The van der Waals surface area contributed by atoms with E-state index in [2.05, 4.69) is 13.8 Å². The van der Waals surface area contributed by atoms with Crippen LogP contribution in [-0.4, -0.2) is 89.0 Å². The van der Waals surface area contributed by atoms with Gasteiger partial charge in [-0.2, -0.15) is 0 Å². The monoisotopic (exact) mass is 534 g/mol. The summed E-state index contributed by atoms with van der Waals surface area (Å²) in [5, 5.41) is 39.4. The second-order valence-corrected chi connectivity index (χ2v) is 9.86. The fourth-order valence-corrected chi connectivity index (χ4v) is 4.13. The van der Waals surface area contributed by atoms with Gasteiger partial charge in [0.25, 0.3) is 0 Å². The Bertz CT molecular complexity index is 600. The van der Waals surface area contributed by atoms with Gasteiger partial charge in [-0.3, -0.25) is 9.59 Å². The van der Waals surface area contributed by atoms with Crippen molar-refractivity contribution < 1.29 is 49.0 Å². The maximum absolute atomic E-state index is 12.4. The van der Waals surface area contributed by atoms with Crippen molar-refractivity contribution >= 4 is 11.9 Å². The Morgan fingerprint density at radius 1 is 0.730 bits per heavy atom. The zero-order chi connectivity index (χ0) is 27.5. The molecule has 0 aromatic carbocycles. The van der Waals surface area contributed by atoms with E-state index in [0.717, 1.165) is 51.4 Å². The van der Waals surface area contributed by atoms with Gasteiger partial charge in [0.05, 0.1) is 13.2 Å². The van der Waals surface area contributed by atoms with Gasteiger partial charge in [0.15, 0.2) is 12.4 Å². The molecule has 6 unspecified atom stereocenters. The lowest BCUT2D eigenvalue weighted by Crippen LogP contribution is -2.59. The quantitative estimate of drug-likeness (QED) is 0.128. The van der Waals surface area contributed by atoms with E-state index in [1.807, 2.05) is 0 Å². The van der Waals surface area contributed by atoms with Gasteiger partial charge in [0.1, 0.15) is 31.0 Å². The molecular weight excluding hydrogens is 484 g/mol. The van der Waals surface area contributed by atoms with Crippen molar-refractivity contribution in [3.63, 3.8) is 0 Å². The Morgan fingerprint density at radius 2 is 1.27 bits per heavy atom. The molecule has 10 heteroatoms. The number of carbonyl (C=O) groups is 2. The van der Waals surface area contributed by atoms with E-state index in [9.17, 15) is 30.0 Å². The second-order valence-electron chi connectivity index (χ2n) is 9.86. The largest absolute Gasteiger partial charge is 0.462 e. The van der Waals surface area contributed by atoms with Crippen LogP contribution < -0.4 is 0 Å². The van der Waals surface area contributed by atoms with Crippen molar-refractivity contribution in [3.05, 3.63) is 0 Å². The van der Waals surface area contributed by atoms with Gasteiger partial charge >= 0.3 is 11.9 Å². The van der Waals surface area contributed by atoms with Crippen LogP contribution in [0, 0.1) is 0 Å². The average Bonchev–Trinajstić information content (AvgIpc) is 2.89.